The smallest absolute Gasteiger partial charge is 0.309 e. The molecule has 10 rings (SSSR count). The zero-order valence-corrected chi connectivity index (χ0v) is 34.3. The van der Waals surface area contributed by atoms with Crippen molar-refractivity contribution in [2.75, 3.05) is 0 Å². The van der Waals surface area contributed by atoms with Gasteiger partial charge in [0.1, 0.15) is 0 Å². The minimum absolute atomic E-state index is 0.0690. The lowest BCUT2D eigenvalue weighted by Gasteiger charge is -2.18. The van der Waals surface area contributed by atoms with Crippen LogP contribution in [0.5, 0.6) is 0 Å². The maximum Gasteiger partial charge on any atom is 0.416 e. The van der Waals surface area contributed by atoms with E-state index in [1.807, 2.05) is 9.13 Å². The summed E-state index contributed by atoms with van der Waals surface area (Å²) in [6.45, 7) is 0. The maximum atomic E-state index is 13.9. The molecule has 68 heavy (non-hydrogen) atoms. The van der Waals surface area contributed by atoms with Gasteiger partial charge in [-0.15, -0.1) is 0 Å². The van der Waals surface area contributed by atoms with Crippen LogP contribution < -0.4 is 0 Å². The number of hydrogen-bond acceptors (Lipinski definition) is 2. The number of benzene rings is 7. The van der Waals surface area contributed by atoms with Crippen molar-refractivity contribution in [1.29, 1.82) is 5.26 Å². The molecule has 0 unspecified atom stereocenters. The van der Waals surface area contributed by atoms with E-state index in [4.69, 9.17) is 4.98 Å². The summed E-state index contributed by atoms with van der Waals surface area (Å²) in [4.78, 5) is 4.82. The molecule has 0 fully saturated rings. The molecule has 0 bridgehead atoms. The summed E-state index contributed by atoms with van der Waals surface area (Å²) in [5, 5.41) is 12.4. The van der Waals surface area contributed by atoms with Gasteiger partial charge in [-0.1, -0.05) is 48.5 Å². The van der Waals surface area contributed by atoms with Gasteiger partial charge in [0.25, 0.3) is 0 Å². The van der Waals surface area contributed by atoms with Crippen LogP contribution in [-0.2, 0) is 24.7 Å². The summed E-state index contributed by atoms with van der Waals surface area (Å²) in [5.41, 5.74) is -2.11. The van der Waals surface area contributed by atoms with E-state index in [1.54, 1.807) is 91.0 Å². The second kappa shape index (κ2) is 15.5. The number of para-hydroxylation sites is 2. The van der Waals surface area contributed by atoms with Crippen LogP contribution in [0.1, 0.15) is 27.8 Å². The molecule has 3 aromatic heterocycles. The number of fused-ring (bicyclic) bond motifs is 6. The van der Waals surface area contributed by atoms with Crippen molar-refractivity contribution < 1.29 is 52.7 Å². The largest absolute Gasteiger partial charge is 0.416 e. The van der Waals surface area contributed by atoms with Gasteiger partial charge in [-0.05, 0) is 125 Å². The van der Waals surface area contributed by atoms with Crippen LogP contribution in [0.3, 0.4) is 0 Å². The zero-order valence-electron chi connectivity index (χ0n) is 34.3. The first-order chi connectivity index (χ1) is 32.2. The number of halogens is 12. The van der Waals surface area contributed by atoms with Crippen LogP contribution in [0, 0.1) is 11.3 Å². The molecular formula is C52H26F12N4. The highest BCUT2D eigenvalue weighted by molar-refractivity contribution is 6.12. The van der Waals surface area contributed by atoms with Crippen molar-refractivity contribution in [3.8, 4) is 51.0 Å². The lowest BCUT2D eigenvalue weighted by molar-refractivity contribution is -0.144. The number of aromatic nitrogens is 3. The monoisotopic (exact) mass is 934 g/mol. The van der Waals surface area contributed by atoms with E-state index < -0.39 is 47.0 Å². The number of pyridine rings is 1. The average Bonchev–Trinajstić information content (AvgIpc) is 3.82. The Morgan fingerprint density at radius 2 is 0.809 bits per heavy atom. The van der Waals surface area contributed by atoms with Gasteiger partial charge in [-0.25, -0.2) is 0 Å². The van der Waals surface area contributed by atoms with Crippen molar-refractivity contribution in [3.05, 3.63) is 186 Å². The van der Waals surface area contributed by atoms with Gasteiger partial charge >= 0.3 is 24.7 Å². The van der Waals surface area contributed by atoms with E-state index in [0.29, 0.717) is 90.5 Å². The highest BCUT2D eigenvalue weighted by atomic mass is 19.4. The fourth-order valence-electron chi connectivity index (χ4n) is 8.84. The SMILES string of the molecule is N#Cc1ccc(-n2c3ccccc3c3cc(-c4cc(C(F)(F)F)cc(C(F)(F)F)c4)ccc32)c(-c2ncccc2-n2c3ccccc3c3cc(-c4cc(C(F)(F)F)cc(C(F)(F)F)c4)ccc32)c1. The van der Waals surface area contributed by atoms with Gasteiger partial charge in [0, 0.05) is 33.3 Å². The first kappa shape index (κ1) is 43.8. The van der Waals surface area contributed by atoms with Crippen LogP contribution in [0.4, 0.5) is 52.7 Å². The van der Waals surface area contributed by atoms with Crippen LogP contribution in [0.2, 0.25) is 0 Å². The fourth-order valence-corrected chi connectivity index (χ4v) is 8.84. The quantitative estimate of drug-likeness (QED) is 0.161. The molecule has 0 aliphatic rings. The molecule has 10 aromatic rings. The van der Waals surface area contributed by atoms with Gasteiger partial charge in [-0.2, -0.15) is 57.9 Å². The topological polar surface area (TPSA) is 46.5 Å². The third-order valence-electron chi connectivity index (χ3n) is 11.8. The van der Waals surface area contributed by atoms with Gasteiger partial charge < -0.3 is 9.13 Å². The number of alkyl halides is 12. The Balaban J connectivity index is 1.18. The standard InChI is InChI=1S/C52H26F12N4/c53-49(54,55)33-19-31(20-34(25-33)50(56,57)58)29-12-15-44-39(23-29)37-6-1-3-8-42(37)67(44)46-14-11-28(27-65)18-41(46)48-47(10-5-17-66-48)68-43-9-4-2-7-38(43)40-24-30(13-16-45(40)68)32-21-35(51(59,60)61)26-36(22-32)52(62,63)64/h1-26H. The molecule has 4 nitrogen and oxygen atoms in total. The van der Waals surface area contributed by atoms with E-state index in [1.165, 1.54) is 30.5 Å². The summed E-state index contributed by atoms with van der Waals surface area (Å²) < 4.78 is 171. The molecule has 7 aromatic carbocycles. The molecule has 0 aliphatic heterocycles. The summed E-state index contributed by atoms with van der Waals surface area (Å²) in [6, 6.07) is 36.5. The molecule has 338 valence electrons. The number of hydrogen-bond donors (Lipinski definition) is 0. The first-order valence-corrected chi connectivity index (χ1v) is 20.4. The van der Waals surface area contributed by atoms with E-state index in [2.05, 4.69) is 6.07 Å². The lowest BCUT2D eigenvalue weighted by Crippen LogP contribution is -2.11. The minimum atomic E-state index is -5.06. The first-order valence-electron chi connectivity index (χ1n) is 20.4. The van der Waals surface area contributed by atoms with Crippen molar-refractivity contribution in [1.82, 2.24) is 14.1 Å². The summed E-state index contributed by atoms with van der Waals surface area (Å²) in [5.74, 6) is 0. The van der Waals surface area contributed by atoms with Crippen LogP contribution in [0.25, 0.3) is 88.5 Å². The highest BCUT2D eigenvalue weighted by Crippen LogP contribution is 2.45. The van der Waals surface area contributed by atoms with Crippen molar-refractivity contribution in [3.63, 3.8) is 0 Å². The molecule has 0 saturated carbocycles. The number of nitriles is 1. The molecule has 0 saturated heterocycles. The Morgan fingerprint density at radius 3 is 1.25 bits per heavy atom. The molecule has 0 atom stereocenters. The van der Waals surface area contributed by atoms with Crippen molar-refractivity contribution in [2.24, 2.45) is 0 Å². The molecule has 16 heteroatoms. The Labute approximate surface area is 376 Å². The second-order valence-corrected chi connectivity index (χ2v) is 16.0. The number of rotatable bonds is 5. The molecule has 0 N–H and O–H groups in total. The third kappa shape index (κ3) is 7.53. The maximum absolute atomic E-state index is 13.9. The van der Waals surface area contributed by atoms with Crippen molar-refractivity contribution in [2.45, 2.75) is 24.7 Å². The molecular weight excluding hydrogens is 909 g/mol. The van der Waals surface area contributed by atoms with Crippen molar-refractivity contribution >= 4 is 43.6 Å². The normalized spacial score (nSPS) is 12.7. The lowest BCUT2D eigenvalue weighted by atomic mass is 9.97. The minimum Gasteiger partial charge on any atom is -0.309 e. The molecule has 0 spiro atoms. The van der Waals surface area contributed by atoms with E-state index in [-0.39, 0.29) is 39.9 Å². The van der Waals surface area contributed by atoms with Gasteiger partial charge in [0.05, 0.1) is 73.0 Å². The summed E-state index contributed by atoms with van der Waals surface area (Å²) >= 11 is 0. The Kier molecular flexibility index (Phi) is 9.99. The summed E-state index contributed by atoms with van der Waals surface area (Å²) in [7, 11) is 0. The van der Waals surface area contributed by atoms with Crippen LogP contribution in [0.15, 0.2) is 158 Å². The van der Waals surface area contributed by atoms with Crippen LogP contribution in [-0.4, -0.2) is 14.1 Å². The van der Waals surface area contributed by atoms with E-state index >= 15 is 0 Å². The van der Waals surface area contributed by atoms with Gasteiger partial charge in [-0.3, -0.25) is 4.98 Å². The average molecular weight is 935 g/mol. The van der Waals surface area contributed by atoms with Gasteiger partial charge in [0.2, 0.25) is 0 Å². The molecule has 3 heterocycles. The summed E-state index contributed by atoms with van der Waals surface area (Å²) in [6.07, 6.45) is -18.7. The predicted molar refractivity (Wildman–Crippen MR) is 234 cm³/mol. The van der Waals surface area contributed by atoms with E-state index in [9.17, 15) is 57.9 Å². The number of nitrogens with zero attached hydrogens (tertiary/aromatic N) is 4. The fraction of sp³-hybridized carbons (Fsp3) is 0.0769. The highest BCUT2D eigenvalue weighted by Gasteiger charge is 2.38. The molecule has 0 aliphatic carbocycles. The van der Waals surface area contributed by atoms with Gasteiger partial charge in [0.15, 0.2) is 0 Å². The Hall–Kier alpha value is -8.06. The predicted octanol–water partition coefficient (Wildman–Crippen LogP) is 16.2. The van der Waals surface area contributed by atoms with E-state index in [0.717, 1.165) is 0 Å². The third-order valence-corrected chi connectivity index (χ3v) is 11.8. The Bertz CT molecular complexity index is 3650. The molecule has 0 radical (unpaired) electrons. The second-order valence-electron chi connectivity index (χ2n) is 16.0. The zero-order chi connectivity index (χ0) is 48.1. The Morgan fingerprint density at radius 1 is 0.382 bits per heavy atom. The van der Waals surface area contributed by atoms with Crippen LogP contribution >= 0.6 is 0 Å². The molecule has 0 amide bonds.